The van der Waals surface area contributed by atoms with Gasteiger partial charge in [-0.1, -0.05) is 6.07 Å². The Morgan fingerprint density at radius 1 is 1.17 bits per heavy atom. The number of hydrogen-bond acceptors (Lipinski definition) is 4. The molecule has 1 aromatic carbocycles. The van der Waals surface area contributed by atoms with Crippen LogP contribution < -0.4 is 0 Å². The van der Waals surface area contributed by atoms with Crippen LogP contribution in [0.2, 0.25) is 0 Å². The maximum atomic E-state index is 13.7. The Labute approximate surface area is 173 Å². The highest BCUT2D eigenvalue weighted by molar-refractivity contribution is 7.89. The van der Waals surface area contributed by atoms with Gasteiger partial charge in [-0.25, -0.2) is 8.42 Å². The highest BCUT2D eigenvalue weighted by atomic mass is 32.2. The Kier molecular flexibility index (Phi) is 6.24. The largest absolute Gasteiger partial charge is 0.300 e. The summed E-state index contributed by atoms with van der Waals surface area (Å²) in [5.41, 5.74) is 0.358. The van der Waals surface area contributed by atoms with Crippen LogP contribution in [0.5, 0.6) is 0 Å². The molecule has 0 aromatic heterocycles. The maximum Gasteiger partial charge on any atom is 0.243 e. The number of sulfonamides is 1. The third-order valence-corrected chi connectivity index (χ3v) is 8.97. The molecule has 0 N–H and O–H groups in total. The lowest BCUT2D eigenvalue weighted by Gasteiger charge is -2.57. The molecule has 4 rings (SSSR count). The lowest BCUT2D eigenvalue weighted by Crippen LogP contribution is -2.65. The number of benzene rings is 1. The number of unbranched alkanes of at least 4 members (excludes halogenated alkanes) is 1. The van der Waals surface area contributed by atoms with Crippen molar-refractivity contribution in [2.45, 2.75) is 61.9 Å². The molecule has 158 valence electrons. The summed E-state index contributed by atoms with van der Waals surface area (Å²) >= 11 is 0. The normalized spacial score (nSPS) is 30.5. The van der Waals surface area contributed by atoms with Gasteiger partial charge < -0.3 is 0 Å². The van der Waals surface area contributed by atoms with Crippen molar-refractivity contribution in [1.29, 1.82) is 5.26 Å². The Balaban J connectivity index is 1.69. The summed E-state index contributed by atoms with van der Waals surface area (Å²) in [5, 5.41) is 9.21. The predicted octanol–water partition coefficient (Wildman–Crippen LogP) is 3.56. The van der Waals surface area contributed by atoms with Crippen molar-refractivity contribution in [1.82, 2.24) is 9.21 Å². The molecule has 5 nitrogen and oxygen atoms in total. The fourth-order valence-corrected chi connectivity index (χ4v) is 7.70. The van der Waals surface area contributed by atoms with Crippen molar-refractivity contribution >= 4 is 10.0 Å². The van der Waals surface area contributed by atoms with Gasteiger partial charge in [0.1, 0.15) is 0 Å². The topological polar surface area (TPSA) is 64.4 Å². The third kappa shape index (κ3) is 3.95. The van der Waals surface area contributed by atoms with E-state index in [-0.39, 0.29) is 17.6 Å². The minimum absolute atomic E-state index is 0.0839. The molecule has 0 radical (unpaired) electrons. The number of alkyl halides is 1. The first-order valence-electron chi connectivity index (χ1n) is 10.9. The van der Waals surface area contributed by atoms with E-state index >= 15 is 0 Å². The maximum absolute atomic E-state index is 13.7. The van der Waals surface area contributed by atoms with Crippen molar-refractivity contribution < 1.29 is 12.8 Å². The molecule has 0 saturated carbocycles. The highest BCUT2D eigenvalue weighted by Gasteiger charge is 2.51. The zero-order chi connectivity index (χ0) is 20.4. The van der Waals surface area contributed by atoms with Gasteiger partial charge in [-0.2, -0.15) is 9.57 Å². The van der Waals surface area contributed by atoms with Crippen LogP contribution in [-0.2, 0) is 10.0 Å². The van der Waals surface area contributed by atoms with E-state index in [0.717, 1.165) is 38.8 Å². The molecule has 1 aromatic rings. The summed E-state index contributed by atoms with van der Waals surface area (Å²) in [5.74, 6) is 0.678. The van der Waals surface area contributed by atoms with Crippen molar-refractivity contribution in [2.75, 3.05) is 26.3 Å². The first kappa shape index (κ1) is 20.8. The Bertz CT molecular complexity index is 867. The summed E-state index contributed by atoms with van der Waals surface area (Å²) in [6.45, 7) is 2.42. The van der Waals surface area contributed by atoms with Crippen LogP contribution in [0.25, 0.3) is 0 Å². The molecule has 3 fully saturated rings. The van der Waals surface area contributed by atoms with Crippen LogP contribution in [0.15, 0.2) is 29.2 Å². The van der Waals surface area contributed by atoms with Gasteiger partial charge in [0, 0.05) is 18.6 Å². The first-order valence-corrected chi connectivity index (χ1v) is 12.3. The van der Waals surface area contributed by atoms with Gasteiger partial charge in [0.25, 0.3) is 0 Å². The summed E-state index contributed by atoms with van der Waals surface area (Å²) in [7, 11) is -3.70. The van der Waals surface area contributed by atoms with Gasteiger partial charge >= 0.3 is 0 Å². The molecule has 0 bridgehead atoms. The molecule has 0 unspecified atom stereocenters. The van der Waals surface area contributed by atoms with Gasteiger partial charge in [0.05, 0.1) is 23.2 Å². The van der Waals surface area contributed by atoms with Crippen LogP contribution >= 0.6 is 0 Å². The molecule has 3 heterocycles. The van der Waals surface area contributed by atoms with Gasteiger partial charge in [0.2, 0.25) is 10.0 Å². The second-order valence-electron chi connectivity index (χ2n) is 8.70. The molecule has 0 amide bonds. The highest BCUT2D eigenvalue weighted by Crippen LogP contribution is 2.45. The third-order valence-electron chi connectivity index (χ3n) is 7.08. The Morgan fingerprint density at radius 2 is 1.97 bits per heavy atom. The van der Waals surface area contributed by atoms with E-state index < -0.39 is 10.0 Å². The van der Waals surface area contributed by atoms with Crippen molar-refractivity contribution in [2.24, 2.45) is 11.8 Å². The molecule has 0 aliphatic carbocycles. The van der Waals surface area contributed by atoms with Crippen LogP contribution in [0, 0.1) is 23.2 Å². The van der Waals surface area contributed by atoms with Gasteiger partial charge in [-0.3, -0.25) is 9.29 Å². The molecule has 3 aliphatic heterocycles. The van der Waals surface area contributed by atoms with E-state index in [2.05, 4.69) is 4.90 Å². The average Bonchev–Trinajstić information content (AvgIpc) is 2.75. The van der Waals surface area contributed by atoms with Crippen molar-refractivity contribution in [3.05, 3.63) is 29.8 Å². The Morgan fingerprint density at radius 3 is 2.72 bits per heavy atom. The van der Waals surface area contributed by atoms with E-state index in [1.165, 1.54) is 6.07 Å². The number of nitriles is 1. The second-order valence-corrected chi connectivity index (χ2v) is 10.6. The van der Waals surface area contributed by atoms with Crippen LogP contribution in [0.4, 0.5) is 4.39 Å². The fraction of sp³-hybridized carbons (Fsp3) is 0.682. The zero-order valence-electron chi connectivity index (χ0n) is 16.8. The minimum Gasteiger partial charge on any atom is -0.300 e. The zero-order valence-corrected chi connectivity index (χ0v) is 17.7. The summed E-state index contributed by atoms with van der Waals surface area (Å²) in [6, 6.07) is 8.76. The molecule has 3 saturated heterocycles. The SMILES string of the molecule is N#Cc1cccc(S(=O)(=O)N2C[C@@H]3CCCN4CCC[C@@H]([C@H]34)[C@H]2CCCCF)c1. The first-order chi connectivity index (χ1) is 14.1. The van der Waals surface area contributed by atoms with Crippen LogP contribution in [-0.4, -0.2) is 56.0 Å². The minimum atomic E-state index is -3.70. The summed E-state index contributed by atoms with van der Waals surface area (Å²) in [4.78, 5) is 2.79. The van der Waals surface area contributed by atoms with Gasteiger partial charge in [-0.15, -0.1) is 0 Å². The second kappa shape index (κ2) is 8.71. The van der Waals surface area contributed by atoms with Crippen LogP contribution in [0.1, 0.15) is 50.5 Å². The molecule has 3 aliphatic rings. The Hall–Kier alpha value is -1.49. The van der Waals surface area contributed by atoms with E-state index in [4.69, 9.17) is 0 Å². The monoisotopic (exact) mass is 419 g/mol. The number of piperidine rings is 3. The molecule has 7 heteroatoms. The number of rotatable bonds is 6. The predicted molar refractivity (Wildman–Crippen MR) is 109 cm³/mol. The lowest BCUT2D eigenvalue weighted by molar-refractivity contribution is -0.0524. The van der Waals surface area contributed by atoms with Crippen LogP contribution in [0.3, 0.4) is 0 Å². The van der Waals surface area contributed by atoms with Crippen molar-refractivity contribution in [3.63, 3.8) is 0 Å². The fourth-order valence-electron chi connectivity index (χ4n) is 5.90. The van der Waals surface area contributed by atoms with Gasteiger partial charge in [-0.05, 0) is 88.1 Å². The lowest BCUT2D eigenvalue weighted by atomic mass is 9.70. The quantitative estimate of drug-likeness (QED) is 0.662. The van der Waals surface area contributed by atoms with Gasteiger partial charge in [0.15, 0.2) is 0 Å². The number of halogens is 1. The smallest absolute Gasteiger partial charge is 0.243 e. The molecular weight excluding hydrogens is 389 g/mol. The standard InChI is InChI=1S/C22H30FN3O2S/c23-11-2-1-10-21-20-9-5-13-25-12-4-7-18(22(20)25)16-26(21)29(27,28)19-8-3-6-17(14-19)15-24/h3,6,8,14,18,20-22H,1-2,4-5,7,9-13,16H2/t18-,20+,21+,22-/m0/s1. The summed E-state index contributed by atoms with van der Waals surface area (Å²) in [6.07, 6.45) is 6.24. The van der Waals surface area contributed by atoms with E-state index in [1.807, 2.05) is 6.07 Å². The average molecular weight is 420 g/mol. The molecule has 4 atom stereocenters. The summed E-state index contributed by atoms with van der Waals surface area (Å²) < 4.78 is 41.8. The van der Waals surface area contributed by atoms with E-state index in [1.54, 1.807) is 22.5 Å². The number of hydrogen-bond donors (Lipinski definition) is 0. The molecular formula is C22H30FN3O2S. The van der Waals surface area contributed by atoms with E-state index in [0.29, 0.717) is 49.2 Å². The van der Waals surface area contributed by atoms with Crippen molar-refractivity contribution in [3.8, 4) is 6.07 Å². The molecule has 0 spiro atoms. The molecule has 29 heavy (non-hydrogen) atoms. The number of nitrogens with zero attached hydrogens (tertiary/aromatic N) is 3. The van der Waals surface area contributed by atoms with E-state index in [9.17, 15) is 18.1 Å².